The Morgan fingerprint density at radius 1 is 1.31 bits per heavy atom. The second-order valence-electron chi connectivity index (χ2n) is 4.25. The monoisotopic (exact) mass is 175 g/mol. The third-order valence-corrected chi connectivity index (χ3v) is 2.89. The Kier molecular flexibility index (Phi) is 2.36. The molecule has 1 aliphatic heterocycles. The van der Waals surface area contributed by atoms with Gasteiger partial charge in [0.2, 0.25) is 0 Å². The van der Waals surface area contributed by atoms with Crippen LogP contribution in [-0.2, 0) is 6.42 Å². The molecule has 1 atom stereocenters. The first-order chi connectivity index (χ1) is 6.29. The Labute approximate surface area is 80.2 Å². The first-order valence-corrected chi connectivity index (χ1v) is 5.07. The highest BCUT2D eigenvalue weighted by Crippen LogP contribution is 2.22. The number of hydrogen-bond donors (Lipinski definition) is 1. The van der Waals surface area contributed by atoms with Gasteiger partial charge in [-0.25, -0.2) is 0 Å². The van der Waals surface area contributed by atoms with Crippen molar-refractivity contribution >= 4 is 0 Å². The molecular weight excluding hydrogens is 158 g/mol. The van der Waals surface area contributed by atoms with Crippen LogP contribution in [0, 0.1) is 0 Å². The lowest BCUT2D eigenvalue weighted by Crippen LogP contribution is -2.38. The van der Waals surface area contributed by atoms with Gasteiger partial charge in [-0.3, -0.25) is 0 Å². The van der Waals surface area contributed by atoms with Crippen molar-refractivity contribution in [2.24, 2.45) is 0 Å². The Balaban J connectivity index is 2.05. The molecule has 1 nitrogen and oxygen atoms in total. The fourth-order valence-corrected chi connectivity index (χ4v) is 2.15. The van der Waals surface area contributed by atoms with Crippen molar-refractivity contribution in [2.75, 3.05) is 6.54 Å². The van der Waals surface area contributed by atoms with Crippen molar-refractivity contribution in [3.05, 3.63) is 35.9 Å². The summed E-state index contributed by atoms with van der Waals surface area (Å²) in [5, 5.41) is 3.58. The number of rotatable bonds is 2. The molecule has 0 unspecified atom stereocenters. The van der Waals surface area contributed by atoms with E-state index < -0.39 is 0 Å². The molecular formula is C12H17N. The van der Waals surface area contributed by atoms with Crippen LogP contribution < -0.4 is 5.32 Å². The van der Waals surface area contributed by atoms with E-state index in [-0.39, 0.29) is 0 Å². The van der Waals surface area contributed by atoms with Crippen LogP contribution in [0.3, 0.4) is 0 Å². The van der Waals surface area contributed by atoms with Crippen LogP contribution in [0.25, 0.3) is 0 Å². The first kappa shape index (κ1) is 8.76. The first-order valence-electron chi connectivity index (χ1n) is 5.07. The van der Waals surface area contributed by atoms with E-state index >= 15 is 0 Å². The molecule has 0 aromatic heterocycles. The van der Waals surface area contributed by atoms with Crippen LogP contribution in [0.4, 0.5) is 0 Å². The third-order valence-electron chi connectivity index (χ3n) is 2.89. The summed E-state index contributed by atoms with van der Waals surface area (Å²) in [6.07, 6.45) is 3.79. The van der Waals surface area contributed by atoms with E-state index in [4.69, 9.17) is 0 Å². The van der Waals surface area contributed by atoms with Gasteiger partial charge in [-0.2, -0.15) is 0 Å². The highest BCUT2D eigenvalue weighted by Gasteiger charge is 2.27. The van der Waals surface area contributed by atoms with Gasteiger partial charge in [0.05, 0.1) is 0 Å². The molecule has 1 fully saturated rings. The van der Waals surface area contributed by atoms with Gasteiger partial charge in [0.15, 0.2) is 0 Å². The summed E-state index contributed by atoms with van der Waals surface area (Å²) in [5.41, 5.74) is 1.79. The van der Waals surface area contributed by atoms with Gasteiger partial charge in [0.25, 0.3) is 0 Å². The molecule has 0 saturated carbocycles. The minimum Gasteiger partial charge on any atom is -0.311 e. The highest BCUT2D eigenvalue weighted by molar-refractivity contribution is 5.18. The predicted octanol–water partition coefficient (Wildman–Crippen LogP) is 2.37. The molecule has 1 aromatic carbocycles. The summed E-state index contributed by atoms with van der Waals surface area (Å²) < 4.78 is 0. The summed E-state index contributed by atoms with van der Waals surface area (Å²) in [6.45, 7) is 3.51. The molecule has 1 N–H and O–H groups in total. The van der Waals surface area contributed by atoms with Gasteiger partial charge in [0.1, 0.15) is 0 Å². The van der Waals surface area contributed by atoms with E-state index in [0.29, 0.717) is 5.54 Å². The third kappa shape index (κ3) is 2.10. The van der Waals surface area contributed by atoms with Gasteiger partial charge in [-0.05, 0) is 38.3 Å². The summed E-state index contributed by atoms with van der Waals surface area (Å²) in [6, 6.07) is 10.7. The SMILES string of the molecule is C[C@@]1(Cc2ccccc2)CCCN1. The molecule has 1 aliphatic rings. The van der Waals surface area contributed by atoms with Crippen LogP contribution in [0.2, 0.25) is 0 Å². The van der Waals surface area contributed by atoms with Gasteiger partial charge in [-0.15, -0.1) is 0 Å². The molecule has 0 spiro atoms. The summed E-state index contributed by atoms with van der Waals surface area (Å²) in [5.74, 6) is 0. The van der Waals surface area contributed by atoms with Crippen molar-refractivity contribution < 1.29 is 0 Å². The maximum Gasteiger partial charge on any atom is 0.0194 e. The van der Waals surface area contributed by atoms with Crippen LogP contribution in [0.5, 0.6) is 0 Å². The van der Waals surface area contributed by atoms with Gasteiger partial charge < -0.3 is 5.32 Å². The van der Waals surface area contributed by atoms with E-state index in [1.165, 1.54) is 24.9 Å². The zero-order valence-electron chi connectivity index (χ0n) is 8.22. The number of hydrogen-bond acceptors (Lipinski definition) is 1. The lowest BCUT2D eigenvalue weighted by Gasteiger charge is -2.24. The molecule has 13 heavy (non-hydrogen) atoms. The second-order valence-corrected chi connectivity index (χ2v) is 4.25. The quantitative estimate of drug-likeness (QED) is 0.727. The van der Waals surface area contributed by atoms with Crippen molar-refractivity contribution in [3.8, 4) is 0 Å². The fraction of sp³-hybridized carbons (Fsp3) is 0.500. The molecule has 2 rings (SSSR count). The molecule has 0 aliphatic carbocycles. The van der Waals surface area contributed by atoms with Gasteiger partial charge in [0, 0.05) is 5.54 Å². The second kappa shape index (κ2) is 3.51. The van der Waals surface area contributed by atoms with E-state index in [9.17, 15) is 0 Å². The van der Waals surface area contributed by atoms with E-state index in [0.717, 1.165) is 6.42 Å². The van der Waals surface area contributed by atoms with E-state index in [1.54, 1.807) is 0 Å². The minimum atomic E-state index is 0.349. The normalized spacial score (nSPS) is 27.8. The topological polar surface area (TPSA) is 12.0 Å². The Hall–Kier alpha value is -0.820. The molecule has 0 amide bonds. The van der Waals surface area contributed by atoms with E-state index in [2.05, 4.69) is 42.6 Å². The number of nitrogens with one attached hydrogen (secondary N) is 1. The molecule has 0 bridgehead atoms. The predicted molar refractivity (Wildman–Crippen MR) is 55.8 cm³/mol. The maximum absolute atomic E-state index is 3.58. The fourth-order valence-electron chi connectivity index (χ4n) is 2.15. The summed E-state index contributed by atoms with van der Waals surface area (Å²) in [7, 11) is 0. The van der Waals surface area contributed by atoms with Crippen LogP contribution >= 0.6 is 0 Å². The van der Waals surface area contributed by atoms with Crippen molar-refractivity contribution in [1.29, 1.82) is 0 Å². The van der Waals surface area contributed by atoms with E-state index in [1.807, 2.05) is 0 Å². The Morgan fingerprint density at radius 2 is 2.08 bits per heavy atom. The molecule has 1 heterocycles. The van der Waals surface area contributed by atoms with Gasteiger partial charge >= 0.3 is 0 Å². The van der Waals surface area contributed by atoms with Crippen molar-refractivity contribution in [3.63, 3.8) is 0 Å². The number of benzene rings is 1. The van der Waals surface area contributed by atoms with Crippen LogP contribution in [0.15, 0.2) is 30.3 Å². The van der Waals surface area contributed by atoms with Crippen LogP contribution in [-0.4, -0.2) is 12.1 Å². The zero-order chi connectivity index (χ0) is 9.15. The lowest BCUT2D eigenvalue weighted by molar-refractivity contribution is 0.412. The average molecular weight is 175 g/mol. The summed E-state index contributed by atoms with van der Waals surface area (Å²) in [4.78, 5) is 0. The Bertz CT molecular complexity index is 260. The van der Waals surface area contributed by atoms with Crippen molar-refractivity contribution in [2.45, 2.75) is 31.7 Å². The molecule has 70 valence electrons. The minimum absolute atomic E-state index is 0.349. The standard InChI is InChI=1S/C12H17N/c1-12(8-5-9-13-12)10-11-6-3-2-4-7-11/h2-4,6-7,13H,5,8-10H2,1H3/t12-/m0/s1. The largest absolute Gasteiger partial charge is 0.311 e. The smallest absolute Gasteiger partial charge is 0.0194 e. The molecule has 0 radical (unpaired) electrons. The zero-order valence-corrected chi connectivity index (χ0v) is 8.22. The summed E-state index contributed by atoms with van der Waals surface area (Å²) >= 11 is 0. The molecule has 1 aromatic rings. The molecule has 1 saturated heterocycles. The molecule has 1 heteroatoms. The van der Waals surface area contributed by atoms with Gasteiger partial charge in [-0.1, -0.05) is 30.3 Å². The Morgan fingerprint density at radius 3 is 2.69 bits per heavy atom. The highest BCUT2D eigenvalue weighted by atomic mass is 15.0. The lowest BCUT2D eigenvalue weighted by atomic mass is 9.91. The van der Waals surface area contributed by atoms with Crippen LogP contribution in [0.1, 0.15) is 25.3 Å². The van der Waals surface area contributed by atoms with Crippen molar-refractivity contribution in [1.82, 2.24) is 5.32 Å². The average Bonchev–Trinajstić information content (AvgIpc) is 2.54. The maximum atomic E-state index is 3.58.